The summed E-state index contributed by atoms with van der Waals surface area (Å²) in [6.45, 7) is 1.67. The van der Waals surface area contributed by atoms with Crippen molar-refractivity contribution < 1.29 is 9.53 Å². The molecule has 1 N–H and O–H groups in total. The van der Waals surface area contributed by atoms with E-state index in [9.17, 15) is 4.79 Å². The second-order valence-corrected chi connectivity index (χ2v) is 7.67. The molecule has 4 rings (SSSR count). The Morgan fingerprint density at radius 1 is 1.06 bits per heavy atom. The first-order chi connectivity index (χ1) is 15.3. The van der Waals surface area contributed by atoms with Gasteiger partial charge in [-0.1, -0.05) is 36.4 Å². The number of benzene rings is 1. The summed E-state index contributed by atoms with van der Waals surface area (Å²) in [6.07, 6.45) is 9.19. The fourth-order valence-corrected chi connectivity index (χ4v) is 3.69. The molecule has 6 nitrogen and oxygen atoms in total. The number of hydrogen-bond donors (Lipinski definition) is 1. The molecule has 0 fully saturated rings. The van der Waals surface area contributed by atoms with Gasteiger partial charge in [0.25, 0.3) is 5.91 Å². The van der Waals surface area contributed by atoms with Gasteiger partial charge in [0.1, 0.15) is 5.69 Å². The number of rotatable bonds is 9. The molecule has 156 valence electrons. The van der Waals surface area contributed by atoms with E-state index in [2.05, 4.69) is 15.3 Å². The number of ether oxygens (including phenoxy) is 1. The summed E-state index contributed by atoms with van der Waals surface area (Å²) in [5.74, 6) is -0.185. The Hall–Kier alpha value is -3.55. The van der Waals surface area contributed by atoms with Gasteiger partial charge in [0.15, 0.2) is 5.13 Å². The third-order valence-corrected chi connectivity index (χ3v) is 5.30. The molecular weight excluding hydrogens is 408 g/mol. The number of carbonyl (C=O) groups excluding carboxylic acids is 1. The van der Waals surface area contributed by atoms with Crippen LogP contribution in [0.2, 0.25) is 0 Å². The van der Waals surface area contributed by atoms with Crippen molar-refractivity contribution in [1.82, 2.24) is 14.5 Å². The van der Waals surface area contributed by atoms with Gasteiger partial charge >= 0.3 is 0 Å². The highest BCUT2D eigenvalue weighted by atomic mass is 32.1. The first kappa shape index (κ1) is 20.7. The van der Waals surface area contributed by atoms with E-state index in [1.165, 1.54) is 11.3 Å². The van der Waals surface area contributed by atoms with Gasteiger partial charge in [-0.25, -0.2) is 4.98 Å². The van der Waals surface area contributed by atoms with Crippen LogP contribution in [0.5, 0.6) is 0 Å². The van der Waals surface area contributed by atoms with Gasteiger partial charge in [-0.05, 0) is 41.5 Å². The molecule has 0 aliphatic rings. The Morgan fingerprint density at radius 2 is 1.90 bits per heavy atom. The molecule has 31 heavy (non-hydrogen) atoms. The maximum absolute atomic E-state index is 12.7. The zero-order valence-electron chi connectivity index (χ0n) is 16.8. The quantitative estimate of drug-likeness (QED) is 0.385. The van der Waals surface area contributed by atoms with E-state index in [1.54, 1.807) is 18.5 Å². The summed E-state index contributed by atoms with van der Waals surface area (Å²) >= 11 is 1.39. The Bertz CT molecular complexity index is 1140. The van der Waals surface area contributed by atoms with Crippen molar-refractivity contribution in [3.8, 4) is 0 Å². The van der Waals surface area contributed by atoms with Crippen LogP contribution in [-0.2, 0) is 17.9 Å². The number of anilines is 1. The van der Waals surface area contributed by atoms with Crippen LogP contribution in [0.4, 0.5) is 5.13 Å². The molecule has 0 spiro atoms. The van der Waals surface area contributed by atoms with E-state index >= 15 is 0 Å². The summed E-state index contributed by atoms with van der Waals surface area (Å²) in [7, 11) is 0. The minimum absolute atomic E-state index is 0.185. The van der Waals surface area contributed by atoms with Gasteiger partial charge in [0.05, 0.1) is 18.9 Å². The van der Waals surface area contributed by atoms with Crippen LogP contribution >= 0.6 is 11.3 Å². The monoisotopic (exact) mass is 430 g/mol. The van der Waals surface area contributed by atoms with Crippen LogP contribution < -0.4 is 5.32 Å². The van der Waals surface area contributed by atoms with Crippen molar-refractivity contribution >= 4 is 28.5 Å². The molecule has 3 aromatic heterocycles. The molecule has 1 aromatic carbocycles. The van der Waals surface area contributed by atoms with Crippen molar-refractivity contribution in [3.05, 3.63) is 107 Å². The lowest BCUT2D eigenvalue weighted by Gasteiger charge is -2.08. The minimum atomic E-state index is -0.185. The molecule has 4 aromatic rings. The van der Waals surface area contributed by atoms with Crippen LogP contribution in [0.25, 0.3) is 6.08 Å². The Kier molecular flexibility index (Phi) is 7.00. The maximum atomic E-state index is 12.7. The van der Waals surface area contributed by atoms with Crippen LogP contribution in [0.3, 0.4) is 0 Å². The first-order valence-electron chi connectivity index (χ1n) is 9.87. The van der Waals surface area contributed by atoms with Crippen molar-refractivity contribution in [3.63, 3.8) is 0 Å². The van der Waals surface area contributed by atoms with Crippen molar-refractivity contribution in [2.24, 2.45) is 0 Å². The highest BCUT2D eigenvalue weighted by Gasteiger charge is 2.13. The summed E-state index contributed by atoms with van der Waals surface area (Å²) in [4.78, 5) is 21.2. The normalized spacial score (nSPS) is 11.1. The zero-order chi connectivity index (χ0) is 21.3. The number of hydrogen-bond acceptors (Lipinski definition) is 5. The number of carbonyl (C=O) groups is 1. The first-order valence-corrected chi connectivity index (χ1v) is 10.7. The fraction of sp³-hybridized carbons (Fsp3) is 0.125. The van der Waals surface area contributed by atoms with E-state index in [1.807, 2.05) is 76.8 Å². The highest BCUT2D eigenvalue weighted by molar-refractivity contribution is 7.14. The Morgan fingerprint density at radius 3 is 2.74 bits per heavy atom. The fourth-order valence-electron chi connectivity index (χ4n) is 3.01. The molecule has 0 saturated carbocycles. The maximum Gasteiger partial charge on any atom is 0.274 e. The lowest BCUT2D eigenvalue weighted by molar-refractivity contribution is 0.101. The summed E-state index contributed by atoms with van der Waals surface area (Å²) in [5, 5.41) is 5.35. The van der Waals surface area contributed by atoms with Crippen molar-refractivity contribution in [1.29, 1.82) is 0 Å². The van der Waals surface area contributed by atoms with E-state index in [4.69, 9.17) is 4.74 Å². The minimum Gasteiger partial charge on any atom is -0.373 e. The van der Waals surface area contributed by atoms with Crippen LogP contribution in [0, 0.1) is 0 Å². The lowest BCUT2D eigenvalue weighted by atomic mass is 10.2. The van der Waals surface area contributed by atoms with Gasteiger partial charge < -0.3 is 9.30 Å². The number of nitrogens with one attached hydrogen (secondary N) is 1. The SMILES string of the molecule is O=C(Nc1nc(/C=C/COCc2ccccc2)cs1)c1cccn1Cc1ccncc1. The second-order valence-electron chi connectivity index (χ2n) is 6.81. The molecule has 7 heteroatoms. The van der Waals surface area contributed by atoms with E-state index in [0.717, 1.165) is 16.8 Å². The highest BCUT2D eigenvalue weighted by Crippen LogP contribution is 2.18. The average molecular weight is 431 g/mol. The Labute approximate surface area is 184 Å². The zero-order valence-corrected chi connectivity index (χ0v) is 17.7. The van der Waals surface area contributed by atoms with Gasteiger partial charge in [-0.3, -0.25) is 15.1 Å². The van der Waals surface area contributed by atoms with E-state index in [-0.39, 0.29) is 5.91 Å². The molecule has 0 radical (unpaired) electrons. The summed E-state index contributed by atoms with van der Waals surface area (Å²) in [5.41, 5.74) is 3.59. The molecule has 0 aliphatic carbocycles. The molecule has 0 unspecified atom stereocenters. The van der Waals surface area contributed by atoms with Gasteiger partial charge in [-0.15, -0.1) is 11.3 Å². The number of aromatic nitrogens is 3. The topological polar surface area (TPSA) is 69.0 Å². The molecule has 3 heterocycles. The second kappa shape index (κ2) is 10.5. The number of nitrogens with zero attached hydrogens (tertiary/aromatic N) is 3. The number of thiazole rings is 1. The lowest BCUT2D eigenvalue weighted by Crippen LogP contribution is -2.17. The molecular formula is C24H22N4O2S. The molecule has 1 amide bonds. The number of amides is 1. The predicted octanol–water partition coefficient (Wildman–Crippen LogP) is 4.87. The Balaban J connectivity index is 1.29. The molecule has 0 bridgehead atoms. The molecule has 0 saturated heterocycles. The van der Waals surface area contributed by atoms with Gasteiger partial charge in [0.2, 0.25) is 0 Å². The van der Waals surface area contributed by atoms with E-state index in [0.29, 0.717) is 30.6 Å². The van der Waals surface area contributed by atoms with Crippen LogP contribution in [0.15, 0.2) is 84.6 Å². The smallest absolute Gasteiger partial charge is 0.274 e. The summed E-state index contributed by atoms with van der Waals surface area (Å²) in [6, 6.07) is 17.6. The van der Waals surface area contributed by atoms with Gasteiger partial charge in [-0.2, -0.15) is 0 Å². The third-order valence-electron chi connectivity index (χ3n) is 4.52. The largest absolute Gasteiger partial charge is 0.373 e. The average Bonchev–Trinajstić information content (AvgIpc) is 3.44. The number of pyridine rings is 1. The van der Waals surface area contributed by atoms with Crippen LogP contribution in [-0.4, -0.2) is 27.0 Å². The predicted molar refractivity (Wildman–Crippen MR) is 123 cm³/mol. The van der Waals surface area contributed by atoms with Gasteiger partial charge in [0, 0.05) is 30.5 Å². The molecule has 0 atom stereocenters. The van der Waals surface area contributed by atoms with Crippen molar-refractivity contribution in [2.45, 2.75) is 13.2 Å². The van der Waals surface area contributed by atoms with Crippen LogP contribution in [0.1, 0.15) is 27.3 Å². The third kappa shape index (κ3) is 5.97. The van der Waals surface area contributed by atoms with Crippen molar-refractivity contribution in [2.75, 3.05) is 11.9 Å². The van der Waals surface area contributed by atoms with E-state index < -0.39 is 0 Å². The summed E-state index contributed by atoms with van der Waals surface area (Å²) < 4.78 is 7.54. The standard InChI is InChI=1S/C24H22N4O2S/c29-23(22-9-4-14-28(22)16-19-10-12-25-13-11-19)27-24-26-21(18-31-24)8-5-15-30-17-20-6-2-1-3-7-20/h1-14,18H,15-17H2,(H,26,27,29)/b8-5+. The molecule has 0 aliphatic heterocycles.